The smallest absolute Gasteiger partial charge is 0.258 e. The summed E-state index contributed by atoms with van der Waals surface area (Å²) in [7, 11) is 0. The molecule has 0 aliphatic heterocycles. The van der Waals surface area contributed by atoms with Crippen LogP contribution in [0.15, 0.2) is 94.7 Å². The molecule has 6 nitrogen and oxygen atoms in total. The first kappa shape index (κ1) is 29.5. The first-order valence-electron chi connectivity index (χ1n) is 11.6. The minimum Gasteiger partial charge on any atom is -0.457 e. The third kappa shape index (κ3) is 8.12. The van der Waals surface area contributed by atoms with Crippen molar-refractivity contribution in [3.05, 3.63) is 106 Å². The van der Waals surface area contributed by atoms with Gasteiger partial charge in [-0.2, -0.15) is 0 Å². The van der Waals surface area contributed by atoms with Crippen molar-refractivity contribution in [1.82, 2.24) is 5.32 Å². The lowest BCUT2D eigenvalue weighted by atomic mass is 9.95. The molecule has 0 bridgehead atoms. The van der Waals surface area contributed by atoms with Crippen molar-refractivity contribution in [2.24, 2.45) is 0 Å². The average Bonchev–Trinajstić information content (AvgIpc) is 3.03. The van der Waals surface area contributed by atoms with Crippen molar-refractivity contribution in [3.8, 4) is 5.75 Å². The number of benzene rings is 1. The summed E-state index contributed by atoms with van der Waals surface area (Å²) >= 11 is 5.86. The normalized spacial score (nSPS) is 15.5. The lowest BCUT2D eigenvalue weighted by Gasteiger charge is -2.21. The molecule has 2 amide bonds. The van der Waals surface area contributed by atoms with Gasteiger partial charge in [0.15, 0.2) is 0 Å². The molecule has 0 radical (unpaired) electrons. The Morgan fingerprint density at radius 2 is 2.08 bits per heavy atom. The molecule has 0 saturated carbocycles. The maximum atomic E-state index is 14.5. The maximum absolute atomic E-state index is 14.5. The Morgan fingerprint density at radius 1 is 1.35 bits per heavy atom. The zero-order chi connectivity index (χ0) is 27.6. The summed E-state index contributed by atoms with van der Waals surface area (Å²) in [6.07, 6.45) is 10.1. The maximum Gasteiger partial charge on any atom is 0.258 e. The Hall–Kier alpha value is -3.77. The van der Waals surface area contributed by atoms with Gasteiger partial charge in [-0.1, -0.05) is 37.6 Å². The molecule has 37 heavy (non-hydrogen) atoms. The molecular weight excluding hydrogens is 497 g/mol. The molecule has 2 N–H and O–H groups in total. The van der Waals surface area contributed by atoms with Crippen LogP contribution in [0.5, 0.6) is 5.75 Å². The number of carbonyl (C=O) groups excluding carboxylic acids is 3. The van der Waals surface area contributed by atoms with E-state index in [9.17, 15) is 23.9 Å². The van der Waals surface area contributed by atoms with Gasteiger partial charge in [0, 0.05) is 17.0 Å². The number of rotatable bonds is 12. The number of hydrogen-bond donors (Lipinski definition) is 2. The summed E-state index contributed by atoms with van der Waals surface area (Å²) in [4.78, 5) is 35.6. The third-order valence-corrected chi connectivity index (χ3v) is 5.63. The largest absolute Gasteiger partial charge is 0.457 e. The molecule has 1 aliphatic rings. The molecule has 8 heteroatoms. The van der Waals surface area contributed by atoms with Gasteiger partial charge in [0.1, 0.15) is 28.5 Å². The zero-order valence-corrected chi connectivity index (χ0v) is 21.7. The van der Waals surface area contributed by atoms with Gasteiger partial charge < -0.3 is 9.84 Å². The highest BCUT2D eigenvalue weighted by atomic mass is 35.5. The number of carbonyl (C=O) groups is 3. The number of Topliss-reactive ketones (excluding diaryl/α,β-unsaturated/α-hetero) is 1. The Morgan fingerprint density at radius 3 is 2.70 bits per heavy atom. The summed E-state index contributed by atoms with van der Waals surface area (Å²) in [5.74, 6) is -1.34. The van der Waals surface area contributed by atoms with Crippen LogP contribution < -0.4 is 10.1 Å². The molecule has 1 aromatic rings. The number of allylic oxidation sites excluding steroid dienone is 8. The minimum absolute atomic E-state index is 0.0836. The van der Waals surface area contributed by atoms with E-state index in [4.69, 9.17) is 16.3 Å². The van der Waals surface area contributed by atoms with E-state index in [-0.39, 0.29) is 29.0 Å². The fourth-order valence-corrected chi connectivity index (χ4v) is 3.64. The molecule has 0 fully saturated rings. The molecule has 0 saturated heterocycles. The Labute approximate surface area is 220 Å². The van der Waals surface area contributed by atoms with E-state index in [1.54, 1.807) is 31.2 Å². The SMILES string of the molecule is C=C/C(=C\C(=C/C)C[C@@](C)(O)C(=O)NC=O)Oc1ccc(C(=O)C2=C=CC=C(Cl)C=C2F)cc1CCC. The molecule has 194 valence electrons. The van der Waals surface area contributed by atoms with Gasteiger partial charge in [-0.05, 0) is 80.0 Å². The van der Waals surface area contributed by atoms with Crippen molar-refractivity contribution in [3.63, 3.8) is 0 Å². The summed E-state index contributed by atoms with van der Waals surface area (Å²) in [6, 6.07) is 4.80. The van der Waals surface area contributed by atoms with Crippen molar-refractivity contribution in [2.75, 3.05) is 0 Å². The van der Waals surface area contributed by atoms with Crippen molar-refractivity contribution >= 4 is 29.7 Å². The minimum atomic E-state index is -1.83. The lowest BCUT2D eigenvalue weighted by molar-refractivity contribution is -0.139. The number of amides is 2. The average molecular weight is 526 g/mol. The predicted octanol–water partition coefficient (Wildman–Crippen LogP) is 5.70. The molecule has 0 heterocycles. The van der Waals surface area contributed by atoms with E-state index in [0.29, 0.717) is 23.5 Å². The van der Waals surface area contributed by atoms with Crippen LogP contribution in [-0.2, 0) is 16.0 Å². The second kappa shape index (κ2) is 13.5. The second-order valence-corrected chi connectivity index (χ2v) is 8.83. The topological polar surface area (TPSA) is 92.7 Å². The van der Waals surface area contributed by atoms with Crippen LogP contribution >= 0.6 is 11.6 Å². The van der Waals surface area contributed by atoms with Crippen LogP contribution in [0.1, 0.15) is 49.5 Å². The number of imide groups is 1. The highest BCUT2D eigenvalue weighted by Gasteiger charge is 2.30. The molecule has 1 aliphatic carbocycles. The summed E-state index contributed by atoms with van der Waals surface area (Å²) in [5, 5.41) is 12.6. The number of halogens is 2. The number of nitrogens with one attached hydrogen (secondary N) is 1. The number of hydrogen-bond acceptors (Lipinski definition) is 5. The summed E-state index contributed by atoms with van der Waals surface area (Å²) in [6.45, 7) is 8.77. The quantitative estimate of drug-likeness (QED) is 0.120. The van der Waals surface area contributed by atoms with E-state index in [0.717, 1.165) is 18.1 Å². The molecule has 0 aromatic heterocycles. The highest BCUT2D eigenvalue weighted by Crippen LogP contribution is 2.28. The van der Waals surface area contributed by atoms with Gasteiger partial charge in [-0.25, -0.2) is 4.39 Å². The van der Waals surface area contributed by atoms with Gasteiger partial charge >= 0.3 is 0 Å². The molecule has 2 rings (SSSR count). The molecule has 0 unspecified atom stereocenters. The van der Waals surface area contributed by atoms with Gasteiger partial charge in [0.2, 0.25) is 12.2 Å². The predicted molar refractivity (Wildman–Crippen MR) is 142 cm³/mol. The first-order valence-corrected chi connectivity index (χ1v) is 12.0. The fraction of sp³-hybridized carbons (Fsp3) is 0.241. The van der Waals surface area contributed by atoms with Crippen LogP contribution in [0.2, 0.25) is 0 Å². The second-order valence-electron chi connectivity index (χ2n) is 8.39. The van der Waals surface area contributed by atoms with Crippen LogP contribution in [0.4, 0.5) is 4.39 Å². The van der Waals surface area contributed by atoms with Crippen LogP contribution in [0.3, 0.4) is 0 Å². The van der Waals surface area contributed by atoms with E-state index in [1.165, 1.54) is 31.2 Å². The van der Waals surface area contributed by atoms with E-state index in [1.807, 2.05) is 12.2 Å². The van der Waals surface area contributed by atoms with Crippen LogP contribution in [0.25, 0.3) is 0 Å². The summed E-state index contributed by atoms with van der Waals surface area (Å²) in [5.41, 5.74) is 2.14. The van der Waals surface area contributed by atoms with E-state index >= 15 is 0 Å². The Balaban J connectivity index is 2.35. The standard InChI is InChI=1S/C29H29ClFNO5/c1-5-9-20-15-21(27(34)24-11-8-10-22(30)16-25(24)31)12-13-26(20)37-23(7-3)14-19(6-2)17-29(4,36)28(35)32-18-33/h6-8,10,12-16,18,36H,3,5,9,17H2,1-2,4H3,(H,32,33,35)/b19-6+,23-14+/t29-/m1/s1. The number of aryl methyl sites for hydroxylation is 1. The molecule has 1 aromatic carbocycles. The lowest BCUT2D eigenvalue weighted by Crippen LogP contribution is -2.44. The Kier molecular flexibility index (Phi) is 10.8. The van der Waals surface area contributed by atoms with Crippen molar-refractivity contribution < 1.29 is 28.6 Å². The van der Waals surface area contributed by atoms with Gasteiger partial charge in [0.25, 0.3) is 5.91 Å². The van der Waals surface area contributed by atoms with E-state index < -0.39 is 23.1 Å². The van der Waals surface area contributed by atoms with Gasteiger partial charge in [-0.15, -0.1) is 5.73 Å². The third-order valence-electron chi connectivity index (χ3n) is 5.40. The molecule has 0 spiro atoms. The van der Waals surface area contributed by atoms with Crippen molar-refractivity contribution in [1.29, 1.82) is 0 Å². The molecule has 1 atom stereocenters. The first-order chi connectivity index (χ1) is 17.6. The fourth-order valence-electron chi connectivity index (χ4n) is 3.48. The van der Waals surface area contributed by atoms with E-state index in [2.05, 4.69) is 12.3 Å². The molecular formula is C29H29ClFNO5. The Bertz CT molecular complexity index is 1280. The van der Waals surface area contributed by atoms with Crippen LogP contribution in [0, 0.1) is 0 Å². The number of ether oxygens (including phenoxy) is 1. The van der Waals surface area contributed by atoms with Gasteiger partial charge in [0.05, 0.1) is 0 Å². The van der Waals surface area contributed by atoms with Crippen molar-refractivity contribution in [2.45, 2.75) is 45.6 Å². The number of ketones is 1. The highest BCUT2D eigenvalue weighted by molar-refractivity contribution is 6.31. The number of aliphatic hydroxyl groups is 1. The van der Waals surface area contributed by atoms with Gasteiger partial charge in [-0.3, -0.25) is 19.7 Å². The zero-order valence-electron chi connectivity index (χ0n) is 20.9. The summed E-state index contributed by atoms with van der Waals surface area (Å²) < 4.78 is 20.5. The van der Waals surface area contributed by atoms with Crippen LogP contribution in [-0.4, -0.2) is 28.8 Å². The monoisotopic (exact) mass is 525 g/mol.